The van der Waals surface area contributed by atoms with Crippen molar-refractivity contribution in [3.63, 3.8) is 0 Å². The van der Waals surface area contributed by atoms with Gasteiger partial charge in [-0.15, -0.1) is 0 Å². The Balaban J connectivity index is 1.61. The first-order valence-electron chi connectivity index (χ1n) is 9.14. The highest BCUT2D eigenvalue weighted by molar-refractivity contribution is 6.96. The number of rotatable bonds is 2. The van der Waals surface area contributed by atoms with Gasteiger partial charge in [-0.1, -0.05) is 96.3 Å². The maximum Gasteiger partial charge on any atom is 0.108 e. The van der Waals surface area contributed by atoms with Crippen LogP contribution in [0.4, 0.5) is 0 Å². The van der Waals surface area contributed by atoms with Gasteiger partial charge in [0.05, 0.1) is 0 Å². The average Bonchev–Trinajstić information content (AvgIpc) is 3.23. The Morgan fingerprint density at radius 3 is 2.24 bits per heavy atom. The van der Waals surface area contributed by atoms with E-state index >= 15 is 0 Å². The molecule has 3 aromatic rings. The van der Waals surface area contributed by atoms with Gasteiger partial charge in [-0.2, -0.15) is 0 Å². The monoisotopic (exact) mass is 338 g/mol. The molecule has 0 amide bonds. The van der Waals surface area contributed by atoms with Gasteiger partial charge in [0.15, 0.2) is 0 Å². The molecule has 5 rings (SSSR count). The molecule has 0 radical (unpaired) electrons. The van der Waals surface area contributed by atoms with E-state index < -0.39 is 8.07 Å². The summed E-state index contributed by atoms with van der Waals surface area (Å²) in [7, 11) is -1.68. The van der Waals surface area contributed by atoms with Crippen LogP contribution in [0.5, 0.6) is 0 Å². The van der Waals surface area contributed by atoms with Crippen LogP contribution in [-0.2, 0) is 12.8 Å². The molecule has 0 unspecified atom stereocenters. The van der Waals surface area contributed by atoms with E-state index in [1.807, 2.05) is 0 Å². The second kappa shape index (κ2) is 5.31. The SMILES string of the molecule is C[Si](C)(C1=Cc2ccccc2C1)c1cccc2c1Cc1ccccc1-2. The zero-order chi connectivity index (χ0) is 17.0. The lowest BCUT2D eigenvalue weighted by molar-refractivity contribution is 1.25. The van der Waals surface area contributed by atoms with Crippen molar-refractivity contribution in [3.05, 3.63) is 94.2 Å². The van der Waals surface area contributed by atoms with E-state index in [0.717, 1.165) is 12.8 Å². The van der Waals surface area contributed by atoms with Gasteiger partial charge in [0.25, 0.3) is 0 Å². The Labute approximate surface area is 150 Å². The number of benzene rings is 3. The van der Waals surface area contributed by atoms with E-state index in [2.05, 4.69) is 85.9 Å². The van der Waals surface area contributed by atoms with Crippen molar-refractivity contribution >= 4 is 19.3 Å². The zero-order valence-corrected chi connectivity index (χ0v) is 15.8. The first kappa shape index (κ1) is 14.9. The molecule has 0 N–H and O–H groups in total. The molecule has 0 fully saturated rings. The summed E-state index contributed by atoms with van der Waals surface area (Å²) in [5.41, 5.74) is 8.89. The third-order valence-electron chi connectivity index (χ3n) is 6.09. The Morgan fingerprint density at radius 1 is 0.680 bits per heavy atom. The minimum Gasteiger partial charge on any atom is -0.0711 e. The highest BCUT2D eigenvalue weighted by atomic mass is 28.3. The molecule has 0 atom stereocenters. The molecule has 2 aliphatic rings. The first-order chi connectivity index (χ1) is 12.1. The number of hydrogen-bond donors (Lipinski definition) is 0. The van der Waals surface area contributed by atoms with Crippen molar-refractivity contribution in [2.24, 2.45) is 0 Å². The van der Waals surface area contributed by atoms with E-state index in [-0.39, 0.29) is 0 Å². The molecule has 0 aliphatic heterocycles. The van der Waals surface area contributed by atoms with Crippen LogP contribution in [0.15, 0.2) is 71.9 Å². The van der Waals surface area contributed by atoms with Gasteiger partial charge >= 0.3 is 0 Å². The fraction of sp³-hybridized carbons (Fsp3) is 0.167. The molecule has 1 heteroatoms. The molecule has 0 bridgehead atoms. The molecule has 122 valence electrons. The molecular weight excluding hydrogens is 316 g/mol. The Bertz CT molecular complexity index is 1020. The Kier molecular flexibility index (Phi) is 3.17. The van der Waals surface area contributed by atoms with Crippen LogP contribution >= 0.6 is 0 Å². The maximum absolute atomic E-state index is 2.53. The van der Waals surface area contributed by atoms with Crippen molar-refractivity contribution in [2.75, 3.05) is 0 Å². The second-order valence-electron chi connectivity index (χ2n) is 7.84. The minimum atomic E-state index is -1.68. The summed E-state index contributed by atoms with van der Waals surface area (Å²) in [5, 5.41) is 3.29. The Morgan fingerprint density at radius 2 is 1.40 bits per heavy atom. The lowest BCUT2D eigenvalue weighted by Gasteiger charge is -2.27. The average molecular weight is 339 g/mol. The van der Waals surface area contributed by atoms with Crippen LogP contribution in [0.3, 0.4) is 0 Å². The molecule has 25 heavy (non-hydrogen) atoms. The van der Waals surface area contributed by atoms with Gasteiger partial charge in [0.1, 0.15) is 8.07 Å². The van der Waals surface area contributed by atoms with Gasteiger partial charge in [-0.05, 0) is 46.2 Å². The fourth-order valence-electron chi connectivity index (χ4n) is 4.60. The number of allylic oxidation sites excluding steroid dienone is 1. The molecule has 0 nitrogen and oxygen atoms in total. The van der Waals surface area contributed by atoms with Crippen LogP contribution < -0.4 is 5.19 Å². The molecular formula is C24H22Si. The number of fused-ring (bicyclic) bond motifs is 4. The molecule has 0 saturated heterocycles. The Hall–Kier alpha value is -2.38. The molecule has 0 aromatic heterocycles. The molecule has 0 saturated carbocycles. The van der Waals surface area contributed by atoms with Crippen LogP contribution in [-0.4, -0.2) is 8.07 Å². The summed E-state index contributed by atoms with van der Waals surface area (Å²) >= 11 is 0. The largest absolute Gasteiger partial charge is 0.108 e. The van der Waals surface area contributed by atoms with Crippen molar-refractivity contribution in [1.82, 2.24) is 0 Å². The topological polar surface area (TPSA) is 0 Å². The van der Waals surface area contributed by atoms with Crippen LogP contribution in [0.1, 0.15) is 22.3 Å². The molecule has 0 spiro atoms. The highest BCUT2D eigenvalue weighted by Crippen LogP contribution is 2.38. The van der Waals surface area contributed by atoms with Crippen LogP contribution in [0.2, 0.25) is 13.1 Å². The van der Waals surface area contributed by atoms with Gasteiger partial charge < -0.3 is 0 Å². The van der Waals surface area contributed by atoms with Gasteiger partial charge in [0.2, 0.25) is 0 Å². The predicted octanol–water partition coefficient (Wildman–Crippen LogP) is 5.35. The lowest BCUT2D eigenvalue weighted by Crippen LogP contribution is -2.45. The predicted molar refractivity (Wildman–Crippen MR) is 110 cm³/mol. The third-order valence-corrected chi connectivity index (χ3v) is 9.83. The van der Waals surface area contributed by atoms with Crippen molar-refractivity contribution in [3.8, 4) is 11.1 Å². The fourth-order valence-corrected chi connectivity index (χ4v) is 7.58. The third kappa shape index (κ3) is 2.19. The van der Waals surface area contributed by atoms with Crippen molar-refractivity contribution in [1.29, 1.82) is 0 Å². The first-order valence-corrected chi connectivity index (χ1v) is 12.1. The minimum absolute atomic E-state index is 1.10. The van der Waals surface area contributed by atoms with E-state index in [9.17, 15) is 0 Å². The smallest absolute Gasteiger partial charge is 0.0711 e. The van der Waals surface area contributed by atoms with Crippen LogP contribution in [0, 0.1) is 0 Å². The highest BCUT2D eigenvalue weighted by Gasteiger charge is 2.35. The summed E-state index contributed by atoms with van der Waals surface area (Å²) in [6.07, 6.45) is 4.70. The number of hydrogen-bond acceptors (Lipinski definition) is 0. The van der Waals surface area contributed by atoms with E-state index in [1.54, 1.807) is 15.9 Å². The van der Waals surface area contributed by atoms with Gasteiger partial charge in [0, 0.05) is 0 Å². The van der Waals surface area contributed by atoms with Crippen molar-refractivity contribution in [2.45, 2.75) is 25.9 Å². The lowest BCUT2D eigenvalue weighted by atomic mass is 10.1. The second-order valence-corrected chi connectivity index (χ2v) is 12.3. The summed E-state index contributed by atoms with van der Waals surface area (Å²) < 4.78 is 0. The zero-order valence-electron chi connectivity index (χ0n) is 14.8. The summed E-state index contributed by atoms with van der Waals surface area (Å²) in [6, 6.07) is 24.8. The quantitative estimate of drug-likeness (QED) is 0.432. The van der Waals surface area contributed by atoms with Gasteiger partial charge in [-0.3, -0.25) is 0 Å². The van der Waals surface area contributed by atoms with Gasteiger partial charge in [-0.25, -0.2) is 0 Å². The van der Waals surface area contributed by atoms with E-state index in [4.69, 9.17) is 0 Å². The summed E-state index contributed by atoms with van der Waals surface area (Å²) in [5.74, 6) is 0. The summed E-state index contributed by atoms with van der Waals surface area (Å²) in [6.45, 7) is 5.06. The molecule has 3 aromatic carbocycles. The summed E-state index contributed by atoms with van der Waals surface area (Å²) in [4.78, 5) is 0. The van der Waals surface area contributed by atoms with E-state index in [1.165, 1.54) is 27.8 Å². The molecule has 2 aliphatic carbocycles. The van der Waals surface area contributed by atoms with Crippen LogP contribution in [0.25, 0.3) is 17.2 Å². The standard InChI is InChI=1S/C24H22Si/c1-25(2,20-14-17-8-3-4-9-18(17)15-20)24-13-7-12-22-21-11-6-5-10-19(21)16-23(22)24/h3-14H,15-16H2,1-2H3. The van der Waals surface area contributed by atoms with E-state index in [0.29, 0.717) is 0 Å². The van der Waals surface area contributed by atoms with Crippen molar-refractivity contribution < 1.29 is 0 Å². The maximum atomic E-state index is 2.53. The molecule has 0 heterocycles. The normalized spacial score (nSPS) is 14.7.